The highest BCUT2D eigenvalue weighted by Gasteiger charge is 2.49. The first-order chi connectivity index (χ1) is 10.6. The molecule has 0 fully saturated rings. The van der Waals surface area contributed by atoms with Crippen LogP contribution in [0.5, 0.6) is 0 Å². The van der Waals surface area contributed by atoms with E-state index in [1.165, 1.54) is 37.0 Å². The first-order valence-corrected chi connectivity index (χ1v) is 14.3. The molecule has 0 aliphatic carbocycles. The maximum atomic E-state index is 2.52. The molecule has 0 unspecified atom stereocenters. The van der Waals surface area contributed by atoms with E-state index in [-0.39, 0.29) is 0 Å². The van der Waals surface area contributed by atoms with E-state index in [0.29, 0.717) is 0 Å². The summed E-state index contributed by atoms with van der Waals surface area (Å²) in [7, 11) is -2.94. The number of hydrogen-bond acceptors (Lipinski definition) is 0. The number of allylic oxidation sites excluding steroid dienone is 2. The van der Waals surface area contributed by atoms with Gasteiger partial charge in [0.25, 0.3) is 0 Å². The summed E-state index contributed by atoms with van der Waals surface area (Å²) in [5.74, 6) is 0. The lowest BCUT2D eigenvalue weighted by atomic mass is 10.3. The zero-order valence-corrected chi connectivity index (χ0v) is 17.6. The van der Waals surface area contributed by atoms with Crippen molar-refractivity contribution < 1.29 is 0 Å². The molecule has 122 valence electrons. The van der Waals surface area contributed by atoms with E-state index in [1.54, 1.807) is 0 Å². The summed E-state index contributed by atoms with van der Waals surface area (Å²) in [6.07, 6.45) is 2.58. The fourth-order valence-electron chi connectivity index (χ4n) is 5.44. The van der Waals surface area contributed by atoms with Gasteiger partial charge in [-0.05, 0) is 12.8 Å². The zero-order chi connectivity index (χ0) is 16.4. The van der Waals surface area contributed by atoms with E-state index in [0.717, 1.165) is 0 Å². The second-order valence-corrected chi connectivity index (χ2v) is 16.2. The van der Waals surface area contributed by atoms with Gasteiger partial charge < -0.3 is 0 Å². The molecule has 0 saturated carbocycles. The largest absolute Gasteiger partial charge is 0.112 e. The Morgan fingerprint density at radius 3 is 1.14 bits per heavy atom. The van der Waals surface area contributed by atoms with E-state index in [9.17, 15) is 0 Å². The van der Waals surface area contributed by atoms with Gasteiger partial charge in [0.1, 0.15) is 16.1 Å². The van der Waals surface area contributed by atoms with Crippen LogP contribution >= 0.6 is 0 Å². The van der Waals surface area contributed by atoms with Gasteiger partial charge in [-0.2, -0.15) is 0 Å². The van der Waals surface area contributed by atoms with Crippen molar-refractivity contribution in [3.63, 3.8) is 0 Å². The highest BCUT2D eigenvalue weighted by molar-refractivity contribution is 7.10. The molecule has 22 heavy (non-hydrogen) atoms. The Morgan fingerprint density at radius 1 is 0.591 bits per heavy atom. The summed E-state index contributed by atoms with van der Waals surface area (Å²) in [5.41, 5.74) is 0. The Labute approximate surface area is 140 Å². The van der Waals surface area contributed by atoms with Crippen LogP contribution in [0, 0.1) is 0 Å². The molecule has 1 aliphatic heterocycles. The summed E-state index contributed by atoms with van der Waals surface area (Å²) in [6, 6.07) is 15.2. The van der Waals surface area contributed by atoms with E-state index in [2.05, 4.69) is 65.8 Å². The van der Waals surface area contributed by atoms with Crippen LogP contribution < -0.4 is 10.4 Å². The lowest BCUT2D eigenvalue weighted by Crippen LogP contribution is -2.68. The molecule has 1 aromatic carbocycles. The molecule has 2 heteroatoms. The maximum absolute atomic E-state index is 2.52. The van der Waals surface area contributed by atoms with Crippen LogP contribution in [-0.2, 0) is 0 Å². The van der Waals surface area contributed by atoms with Gasteiger partial charge in [0.05, 0.1) is 0 Å². The first-order valence-electron chi connectivity index (χ1n) is 9.44. The number of benzene rings is 1. The molecule has 0 atom stereocenters. The molecule has 0 amide bonds. The monoisotopic (exact) mass is 330 g/mol. The second kappa shape index (κ2) is 6.88. The smallest absolute Gasteiger partial charge is 0.0800 e. The molecular formula is C20H34Si2. The van der Waals surface area contributed by atoms with E-state index in [1.807, 2.05) is 20.8 Å². The third kappa shape index (κ3) is 2.22. The van der Waals surface area contributed by atoms with Crippen LogP contribution in [0.2, 0.25) is 24.2 Å². The van der Waals surface area contributed by atoms with Gasteiger partial charge in [-0.3, -0.25) is 0 Å². The Hall–Kier alpha value is -0.606. The Balaban J connectivity index is 2.92. The Morgan fingerprint density at radius 2 is 0.909 bits per heavy atom. The molecule has 0 spiro atoms. The molecule has 0 bridgehead atoms. The molecule has 0 aromatic heterocycles. The Kier molecular flexibility index (Phi) is 5.55. The summed E-state index contributed by atoms with van der Waals surface area (Å²) in [5, 5.41) is 7.55. The van der Waals surface area contributed by atoms with Gasteiger partial charge >= 0.3 is 0 Å². The lowest BCUT2D eigenvalue weighted by molar-refractivity contribution is 1.04. The van der Waals surface area contributed by atoms with Crippen molar-refractivity contribution in [3.05, 3.63) is 34.7 Å². The van der Waals surface area contributed by atoms with Crippen molar-refractivity contribution >= 4 is 26.5 Å². The third-order valence-corrected chi connectivity index (χ3v) is 18.5. The van der Waals surface area contributed by atoms with Crippen LogP contribution in [0.25, 0.3) is 0 Å². The maximum Gasteiger partial charge on any atom is 0.112 e. The predicted octanol–water partition coefficient (Wildman–Crippen LogP) is 5.29. The van der Waals surface area contributed by atoms with Gasteiger partial charge in [0, 0.05) is 0 Å². The highest BCUT2D eigenvalue weighted by atomic mass is 28.3. The molecule has 0 radical (unpaired) electrons. The molecule has 0 N–H and O–H groups in total. The van der Waals surface area contributed by atoms with Crippen molar-refractivity contribution in [3.8, 4) is 0 Å². The minimum atomic E-state index is -1.47. The summed E-state index contributed by atoms with van der Waals surface area (Å²) in [6.45, 7) is 14.7. The van der Waals surface area contributed by atoms with Crippen LogP contribution in [0.1, 0.15) is 54.4 Å². The van der Waals surface area contributed by atoms with Crippen molar-refractivity contribution in [1.82, 2.24) is 0 Å². The predicted molar refractivity (Wildman–Crippen MR) is 107 cm³/mol. The second-order valence-electron chi connectivity index (χ2n) is 6.79. The molecule has 0 saturated heterocycles. The average molecular weight is 331 g/mol. The molecular weight excluding hydrogens is 296 g/mol. The van der Waals surface area contributed by atoms with Gasteiger partial charge in [-0.1, -0.05) is 111 Å². The molecule has 0 nitrogen and oxygen atoms in total. The Bertz CT molecular complexity index is 500. The number of hydrogen-bond donors (Lipinski definition) is 0. The van der Waals surface area contributed by atoms with Crippen LogP contribution in [0.15, 0.2) is 34.7 Å². The molecule has 1 heterocycles. The van der Waals surface area contributed by atoms with Gasteiger partial charge in [0.15, 0.2) is 0 Å². The first kappa shape index (κ1) is 17.7. The van der Waals surface area contributed by atoms with Crippen LogP contribution in [-0.4, -0.2) is 16.1 Å². The standard InChI is InChI=1S/C20H34Si2/c1-7-17-18(8-2)22(11-5,12-6)20-16-14-13-15-19(20)21(17,9-3)10-4/h13-16H,7-12H2,1-6H3. The van der Waals surface area contributed by atoms with E-state index in [4.69, 9.17) is 0 Å². The van der Waals surface area contributed by atoms with Crippen LogP contribution in [0.4, 0.5) is 0 Å². The quantitative estimate of drug-likeness (QED) is 0.622. The molecule has 1 aliphatic rings. The van der Waals surface area contributed by atoms with E-state index >= 15 is 0 Å². The van der Waals surface area contributed by atoms with Crippen LogP contribution in [0.3, 0.4) is 0 Å². The summed E-state index contributed by atoms with van der Waals surface area (Å²) in [4.78, 5) is 0. The number of rotatable bonds is 6. The fourth-order valence-corrected chi connectivity index (χ4v) is 18.1. The topological polar surface area (TPSA) is 0 Å². The van der Waals surface area contributed by atoms with Gasteiger partial charge in [-0.25, -0.2) is 0 Å². The van der Waals surface area contributed by atoms with Crippen molar-refractivity contribution in [2.75, 3.05) is 0 Å². The fraction of sp³-hybridized carbons (Fsp3) is 0.600. The normalized spacial score (nSPS) is 19.2. The highest BCUT2D eigenvalue weighted by Crippen LogP contribution is 2.40. The van der Waals surface area contributed by atoms with Crippen molar-refractivity contribution in [1.29, 1.82) is 0 Å². The number of fused-ring (bicyclic) bond motifs is 1. The minimum absolute atomic E-state index is 1.29. The molecule has 2 rings (SSSR count). The summed E-state index contributed by atoms with van der Waals surface area (Å²) < 4.78 is 0. The SMILES string of the molecule is CCC1=C(CC)[Si](CC)(CC)c2ccccc2[Si]1(CC)CC. The van der Waals surface area contributed by atoms with Gasteiger partial charge in [-0.15, -0.1) is 0 Å². The average Bonchev–Trinajstić information content (AvgIpc) is 2.59. The molecule has 1 aromatic rings. The van der Waals surface area contributed by atoms with Gasteiger partial charge in [0.2, 0.25) is 0 Å². The minimum Gasteiger partial charge on any atom is -0.0800 e. The summed E-state index contributed by atoms with van der Waals surface area (Å²) >= 11 is 0. The van der Waals surface area contributed by atoms with E-state index < -0.39 is 16.1 Å². The third-order valence-electron chi connectivity index (χ3n) is 6.60. The van der Waals surface area contributed by atoms with Crippen molar-refractivity contribution in [2.45, 2.75) is 78.6 Å². The zero-order valence-electron chi connectivity index (χ0n) is 15.6. The van der Waals surface area contributed by atoms with Crippen molar-refractivity contribution in [2.24, 2.45) is 0 Å². The lowest BCUT2D eigenvalue weighted by Gasteiger charge is -2.48.